The highest BCUT2D eigenvalue weighted by Crippen LogP contribution is 2.28. The molecule has 1 rings (SSSR count). The van der Waals surface area contributed by atoms with Gasteiger partial charge in [-0.05, 0) is 31.0 Å². The summed E-state index contributed by atoms with van der Waals surface area (Å²) in [6.45, 7) is 6.27. The molecule has 0 heterocycles. The summed E-state index contributed by atoms with van der Waals surface area (Å²) in [5.41, 5.74) is 0.557. The zero-order valence-electron chi connectivity index (χ0n) is 13.1. The highest BCUT2D eigenvalue weighted by atomic mass is 16.5. The monoisotopic (exact) mass is 295 g/mol. The standard InChI is InChI=1S/C16H25NO4/c1-4-9-20-14-7-6-13(12-15(14)21-10-5-2)16(18)17-8-11-19-3/h6-7,12H,4-5,8-11H2,1-3H3,(H,17,18). The quantitative estimate of drug-likeness (QED) is 0.674. The van der Waals surface area contributed by atoms with E-state index in [0.29, 0.717) is 43.4 Å². The molecule has 0 radical (unpaired) electrons. The van der Waals surface area contributed by atoms with E-state index in [1.165, 1.54) is 0 Å². The topological polar surface area (TPSA) is 56.8 Å². The van der Waals surface area contributed by atoms with Gasteiger partial charge in [0.2, 0.25) is 0 Å². The number of benzene rings is 1. The largest absolute Gasteiger partial charge is 0.490 e. The summed E-state index contributed by atoms with van der Waals surface area (Å²) in [4.78, 5) is 12.0. The first kappa shape index (κ1) is 17.3. The van der Waals surface area contributed by atoms with Crippen LogP contribution in [0.1, 0.15) is 37.0 Å². The highest BCUT2D eigenvalue weighted by molar-refractivity contribution is 5.94. The molecule has 118 valence electrons. The summed E-state index contributed by atoms with van der Waals surface area (Å²) in [5.74, 6) is 1.15. The van der Waals surface area contributed by atoms with Crippen LogP contribution < -0.4 is 14.8 Å². The van der Waals surface area contributed by atoms with E-state index in [1.807, 2.05) is 13.8 Å². The third kappa shape index (κ3) is 6.04. The minimum atomic E-state index is -0.143. The number of hydrogen-bond acceptors (Lipinski definition) is 4. The third-order valence-electron chi connectivity index (χ3n) is 2.72. The molecular formula is C16H25NO4. The Bertz CT molecular complexity index is 434. The van der Waals surface area contributed by atoms with Crippen LogP contribution in [0.25, 0.3) is 0 Å². The molecule has 0 aliphatic heterocycles. The van der Waals surface area contributed by atoms with Gasteiger partial charge in [0.15, 0.2) is 11.5 Å². The number of ether oxygens (including phenoxy) is 3. The smallest absolute Gasteiger partial charge is 0.251 e. The second kappa shape index (κ2) is 10.0. The van der Waals surface area contributed by atoms with E-state index in [-0.39, 0.29) is 5.91 Å². The number of carbonyl (C=O) groups is 1. The number of rotatable bonds is 10. The van der Waals surface area contributed by atoms with Gasteiger partial charge in [-0.3, -0.25) is 4.79 Å². The first-order valence-corrected chi connectivity index (χ1v) is 7.39. The third-order valence-corrected chi connectivity index (χ3v) is 2.72. The zero-order valence-corrected chi connectivity index (χ0v) is 13.1. The van der Waals surface area contributed by atoms with Gasteiger partial charge in [0.05, 0.1) is 19.8 Å². The average molecular weight is 295 g/mol. The molecule has 0 bridgehead atoms. The Hall–Kier alpha value is -1.75. The molecule has 1 N–H and O–H groups in total. The number of hydrogen-bond donors (Lipinski definition) is 1. The first-order valence-electron chi connectivity index (χ1n) is 7.39. The van der Waals surface area contributed by atoms with E-state index in [4.69, 9.17) is 14.2 Å². The van der Waals surface area contributed by atoms with Crippen LogP contribution >= 0.6 is 0 Å². The van der Waals surface area contributed by atoms with E-state index in [0.717, 1.165) is 12.8 Å². The van der Waals surface area contributed by atoms with Crippen LogP contribution in [0.3, 0.4) is 0 Å². The van der Waals surface area contributed by atoms with Crippen molar-refractivity contribution in [3.63, 3.8) is 0 Å². The lowest BCUT2D eigenvalue weighted by atomic mass is 10.2. The summed E-state index contributed by atoms with van der Waals surface area (Å²) in [7, 11) is 1.60. The zero-order chi connectivity index (χ0) is 15.5. The normalized spacial score (nSPS) is 10.2. The molecule has 21 heavy (non-hydrogen) atoms. The molecule has 0 aromatic heterocycles. The van der Waals surface area contributed by atoms with Gasteiger partial charge in [-0.15, -0.1) is 0 Å². The average Bonchev–Trinajstić information content (AvgIpc) is 2.51. The summed E-state index contributed by atoms with van der Waals surface area (Å²) in [6.07, 6.45) is 1.82. The number of methoxy groups -OCH3 is 1. The number of amides is 1. The Morgan fingerprint density at radius 1 is 1.05 bits per heavy atom. The Balaban J connectivity index is 2.78. The Morgan fingerprint density at radius 2 is 1.71 bits per heavy atom. The summed E-state index contributed by atoms with van der Waals surface area (Å²) >= 11 is 0. The summed E-state index contributed by atoms with van der Waals surface area (Å²) in [6, 6.07) is 5.25. The highest BCUT2D eigenvalue weighted by Gasteiger charge is 2.11. The van der Waals surface area contributed by atoms with Crippen molar-refractivity contribution in [3.8, 4) is 11.5 Å². The second-order valence-electron chi connectivity index (χ2n) is 4.61. The van der Waals surface area contributed by atoms with Crippen LogP contribution in [0, 0.1) is 0 Å². The van der Waals surface area contributed by atoms with Gasteiger partial charge < -0.3 is 19.5 Å². The lowest BCUT2D eigenvalue weighted by Gasteiger charge is -2.13. The molecule has 5 nitrogen and oxygen atoms in total. The molecule has 1 aromatic rings. The van der Waals surface area contributed by atoms with E-state index in [1.54, 1.807) is 25.3 Å². The molecule has 5 heteroatoms. The van der Waals surface area contributed by atoms with Crippen molar-refractivity contribution in [2.24, 2.45) is 0 Å². The molecule has 0 saturated heterocycles. The van der Waals surface area contributed by atoms with Crippen molar-refractivity contribution in [2.45, 2.75) is 26.7 Å². The second-order valence-corrected chi connectivity index (χ2v) is 4.61. The summed E-state index contributed by atoms with van der Waals surface area (Å²) in [5, 5.41) is 2.79. The maximum atomic E-state index is 12.0. The van der Waals surface area contributed by atoms with Gasteiger partial charge in [-0.2, -0.15) is 0 Å². The molecule has 1 amide bonds. The minimum Gasteiger partial charge on any atom is -0.490 e. The number of nitrogens with one attached hydrogen (secondary N) is 1. The van der Waals surface area contributed by atoms with Gasteiger partial charge in [0.25, 0.3) is 5.91 Å². The molecule has 1 aromatic carbocycles. The van der Waals surface area contributed by atoms with Gasteiger partial charge in [0.1, 0.15) is 0 Å². The molecule has 0 saturated carbocycles. The molecule has 0 atom stereocenters. The van der Waals surface area contributed by atoms with E-state index < -0.39 is 0 Å². The maximum absolute atomic E-state index is 12.0. The summed E-state index contributed by atoms with van der Waals surface area (Å²) < 4.78 is 16.2. The minimum absolute atomic E-state index is 0.143. The number of carbonyl (C=O) groups excluding carboxylic acids is 1. The van der Waals surface area contributed by atoms with Crippen LogP contribution in [0.2, 0.25) is 0 Å². The van der Waals surface area contributed by atoms with Crippen LogP contribution in [-0.2, 0) is 4.74 Å². The van der Waals surface area contributed by atoms with Crippen molar-refractivity contribution in [3.05, 3.63) is 23.8 Å². The van der Waals surface area contributed by atoms with Crippen molar-refractivity contribution in [1.82, 2.24) is 5.32 Å². The predicted molar refractivity (Wildman–Crippen MR) is 82.2 cm³/mol. The van der Waals surface area contributed by atoms with Crippen LogP contribution in [0.15, 0.2) is 18.2 Å². The molecular weight excluding hydrogens is 270 g/mol. The van der Waals surface area contributed by atoms with Gasteiger partial charge >= 0.3 is 0 Å². The van der Waals surface area contributed by atoms with E-state index in [2.05, 4.69) is 5.32 Å². The van der Waals surface area contributed by atoms with Crippen molar-refractivity contribution < 1.29 is 19.0 Å². The van der Waals surface area contributed by atoms with Crippen molar-refractivity contribution in [2.75, 3.05) is 33.5 Å². The SMILES string of the molecule is CCCOc1ccc(C(=O)NCCOC)cc1OCCC. The molecule has 0 aliphatic carbocycles. The fraction of sp³-hybridized carbons (Fsp3) is 0.562. The predicted octanol–water partition coefficient (Wildman–Crippen LogP) is 2.64. The Kier molecular flexibility index (Phi) is 8.28. The van der Waals surface area contributed by atoms with Crippen molar-refractivity contribution in [1.29, 1.82) is 0 Å². The van der Waals surface area contributed by atoms with Gasteiger partial charge in [-0.1, -0.05) is 13.8 Å². The Morgan fingerprint density at radius 3 is 2.33 bits per heavy atom. The molecule has 0 aliphatic rings. The first-order chi connectivity index (χ1) is 10.2. The van der Waals surface area contributed by atoms with Crippen LogP contribution in [0.5, 0.6) is 11.5 Å². The fourth-order valence-electron chi connectivity index (χ4n) is 1.67. The lowest BCUT2D eigenvalue weighted by Crippen LogP contribution is -2.26. The molecule has 0 spiro atoms. The fourth-order valence-corrected chi connectivity index (χ4v) is 1.67. The van der Waals surface area contributed by atoms with E-state index in [9.17, 15) is 4.79 Å². The lowest BCUT2D eigenvalue weighted by molar-refractivity contribution is 0.0936. The molecule has 0 unspecified atom stereocenters. The maximum Gasteiger partial charge on any atom is 0.251 e. The van der Waals surface area contributed by atoms with Gasteiger partial charge in [0, 0.05) is 19.2 Å². The van der Waals surface area contributed by atoms with E-state index >= 15 is 0 Å². The van der Waals surface area contributed by atoms with Crippen molar-refractivity contribution >= 4 is 5.91 Å². The molecule has 0 fully saturated rings. The van der Waals surface area contributed by atoms with Crippen LogP contribution in [0.4, 0.5) is 0 Å². The van der Waals surface area contributed by atoms with Crippen LogP contribution in [-0.4, -0.2) is 39.4 Å². The Labute approximate surface area is 126 Å². The van der Waals surface area contributed by atoms with Gasteiger partial charge in [-0.25, -0.2) is 0 Å².